The molecule has 1 amide bonds. The van der Waals surface area contributed by atoms with Crippen molar-refractivity contribution in [3.05, 3.63) is 84.8 Å². The Balaban J connectivity index is 1.65. The highest BCUT2D eigenvalue weighted by Gasteiger charge is 2.12. The molecule has 0 saturated carbocycles. The summed E-state index contributed by atoms with van der Waals surface area (Å²) in [7, 11) is 0. The van der Waals surface area contributed by atoms with Crippen LogP contribution in [0.25, 0.3) is 22.3 Å². The lowest BCUT2D eigenvalue weighted by Crippen LogP contribution is -2.23. The van der Waals surface area contributed by atoms with Crippen molar-refractivity contribution < 1.29 is 4.79 Å². The molecule has 0 spiro atoms. The van der Waals surface area contributed by atoms with Crippen molar-refractivity contribution >= 4 is 39.9 Å². The van der Waals surface area contributed by atoms with E-state index in [4.69, 9.17) is 11.6 Å². The standard InChI is InChI=1S/C24H22ClN3O2S/c1-4-9-26-22(29)18-7-5-17(6-8-18)20-13-28-23(30)21(31-24(28)27-20)12-16-10-14(2)15(3)19(25)11-16/h5-8,10-13H,4,9H2,1-3H3,(H,26,29). The van der Waals surface area contributed by atoms with Crippen LogP contribution in [0.3, 0.4) is 0 Å². The number of halogens is 1. The number of hydrogen-bond acceptors (Lipinski definition) is 4. The molecule has 2 aromatic carbocycles. The van der Waals surface area contributed by atoms with Gasteiger partial charge < -0.3 is 5.32 Å². The second-order valence-corrected chi connectivity index (χ2v) is 8.89. The second-order valence-electron chi connectivity index (χ2n) is 7.47. The van der Waals surface area contributed by atoms with Gasteiger partial charge in [0.15, 0.2) is 4.96 Å². The van der Waals surface area contributed by atoms with Gasteiger partial charge in [-0.2, -0.15) is 0 Å². The molecule has 0 aliphatic rings. The molecule has 5 nitrogen and oxygen atoms in total. The molecule has 158 valence electrons. The largest absolute Gasteiger partial charge is 0.352 e. The zero-order chi connectivity index (χ0) is 22.1. The van der Waals surface area contributed by atoms with Crippen molar-refractivity contribution in [2.24, 2.45) is 0 Å². The minimum Gasteiger partial charge on any atom is -0.352 e. The molecule has 0 aliphatic carbocycles. The molecule has 4 aromatic rings. The summed E-state index contributed by atoms with van der Waals surface area (Å²) < 4.78 is 2.17. The van der Waals surface area contributed by atoms with Gasteiger partial charge in [0.1, 0.15) is 0 Å². The number of benzene rings is 2. The zero-order valence-corrected chi connectivity index (χ0v) is 19.1. The molecule has 0 unspecified atom stereocenters. The molecule has 4 rings (SSSR count). The van der Waals surface area contributed by atoms with E-state index in [0.717, 1.165) is 28.7 Å². The molecule has 2 aromatic heterocycles. The van der Waals surface area contributed by atoms with Crippen LogP contribution in [0.15, 0.2) is 47.4 Å². The summed E-state index contributed by atoms with van der Waals surface area (Å²) in [6.45, 7) is 6.64. The van der Waals surface area contributed by atoms with Gasteiger partial charge in [-0.25, -0.2) is 4.98 Å². The van der Waals surface area contributed by atoms with Gasteiger partial charge in [-0.3, -0.25) is 14.0 Å². The molecular weight excluding hydrogens is 430 g/mol. The van der Waals surface area contributed by atoms with Crippen LogP contribution < -0.4 is 15.4 Å². The maximum Gasteiger partial charge on any atom is 0.274 e. The van der Waals surface area contributed by atoms with Gasteiger partial charge in [-0.15, -0.1) is 0 Å². The van der Waals surface area contributed by atoms with Crippen molar-refractivity contribution in [3.8, 4) is 11.3 Å². The molecule has 1 N–H and O–H groups in total. The summed E-state index contributed by atoms with van der Waals surface area (Å²) in [4.78, 5) is 30.2. The smallest absolute Gasteiger partial charge is 0.274 e. The third-order valence-corrected chi connectivity index (χ3v) is 6.58. The van der Waals surface area contributed by atoms with E-state index < -0.39 is 0 Å². The number of aromatic nitrogens is 2. The topological polar surface area (TPSA) is 63.5 Å². The highest BCUT2D eigenvalue weighted by atomic mass is 35.5. The lowest BCUT2D eigenvalue weighted by atomic mass is 10.1. The van der Waals surface area contributed by atoms with Crippen LogP contribution in [0.4, 0.5) is 0 Å². The fourth-order valence-corrected chi connectivity index (χ4v) is 4.51. The van der Waals surface area contributed by atoms with Crippen molar-refractivity contribution in [1.29, 1.82) is 0 Å². The van der Waals surface area contributed by atoms with Gasteiger partial charge in [-0.05, 0) is 61.2 Å². The normalized spacial score (nSPS) is 11.9. The number of imidazole rings is 1. The summed E-state index contributed by atoms with van der Waals surface area (Å²) in [6, 6.07) is 11.1. The first kappa shape index (κ1) is 21.3. The fourth-order valence-electron chi connectivity index (χ4n) is 3.28. The van der Waals surface area contributed by atoms with Crippen molar-refractivity contribution in [1.82, 2.24) is 14.7 Å². The van der Waals surface area contributed by atoms with E-state index in [1.54, 1.807) is 22.7 Å². The Kier molecular flexibility index (Phi) is 5.94. The average molecular weight is 452 g/mol. The minimum absolute atomic E-state index is 0.0901. The maximum absolute atomic E-state index is 12.9. The van der Waals surface area contributed by atoms with Crippen LogP contribution in [0.2, 0.25) is 5.02 Å². The highest BCUT2D eigenvalue weighted by molar-refractivity contribution is 7.15. The predicted octanol–water partition coefficient (Wildman–Crippen LogP) is 4.38. The van der Waals surface area contributed by atoms with E-state index in [9.17, 15) is 9.59 Å². The van der Waals surface area contributed by atoms with Crippen LogP contribution >= 0.6 is 22.9 Å². The Morgan fingerprint density at radius 3 is 2.61 bits per heavy atom. The minimum atomic E-state index is -0.108. The van der Waals surface area contributed by atoms with Gasteiger partial charge in [0.05, 0.1) is 10.2 Å². The predicted molar refractivity (Wildman–Crippen MR) is 127 cm³/mol. The number of thiazole rings is 1. The number of nitrogens with zero attached hydrogens (tertiary/aromatic N) is 2. The summed E-state index contributed by atoms with van der Waals surface area (Å²) in [5, 5.41) is 3.55. The van der Waals surface area contributed by atoms with Gasteiger partial charge in [0.25, 0.3) is 11.5 Å². The Bertz CT molecular complexity index is 1360. The van der Waals surface area contributed by atoms with E-state index in [1.807, 2.05) is 51.1 Å². The first-order valence-corrected chi connectivity index (χ1v) is 11.3. The number of aryl methyl sites for hydroxylation is 1. The van der Waals surface area contributed by atoms with E-state index >= 15 is 0 Å². The lowest BCUT2D eigenvalue weighted by Gasteiger charge is -2.04. The molecule has 0 atom stereocenters. The maximum atomic E-state index is 12.9. The van der Waals surface area contributed by atoms with Crippen molar-refractivity contribution in [3.63, 3.8) is 0 Å². The van der Waals surface area contributed by atoms with Gasteiger partial charge in [0, 0.05) is 28.9 Å². The molecular formula is C24H22ClN3O2S. The summed E-state index contributed by atoms with van der Waals surface area (Å²) in [5.74, 6) is -0.0901. The first-order valence-electron chi connectivity index (χ1n) is 10.1. The summed E-state index contributed by atoms with van der Waals surface area (Å²) >= 11 is 7.63. The third kappa shape index (κ3) is 4.27. The third-order valence-electron chi connectivity index (χ3n) is 5.21. The van der Waals surface area contributed by atoms with Crippen molar-refractivity contribution in [2.45, 2.75) is 27.2 Å². The monoisotopic (exact) mass is 451 g/mol. The average Bonchev–Trinajstić information content (AvgIpc) is 3.30. The quantitative estimate of drug-likeness (QED) is 0.489. The molecule has 0 radical (unpaired) electrons. The molecule has 31 heavy (non-hydrogen) atoms. The van der Waals surface area contributed by atoms with Crippen LogP contribution in [0.1, 0.15) is 40.4 Å². The Morgan fingerprint density at radius 1 is 1.23 bits per heavy atom. The molecule has 7 heteroatoms. The Morgan fingerprint density at radius 2 is 1.97 bits per heavy atom. The van der Waals surface area contributed by atoms with Gasteiger partial charge >= 0.3 is 0 Å². The van der Waals surface area contributed by atoms with Crippen LogP contribution in [0, 0.1) is 13.8 Å². The highest BCUT2D eigenvalue weighted by Crippen LogP contribution is 2.22. The van der Waals surface area contributed by atoms with E-state index in [2.05, 4.69) is 10.3 Å². The number of rotatable bonds is 5. The number of amides is 1. The van der Waals surface area contributed by atoms with Gasteiger partial charge in [0.2, 0.25) is 0 Å². The zero-order valence-electron chi connectivity index (χ0n) is 17.5. The van der Waals surface area contributed by atoms with Crippen LogP contribution in [-0.2, 0) is 0 Å². The molecule has 0 fully saturated rings. The number of fused-ring (bicyclic) bond motifs is 1. The summed E-state index contributed by atoms with van der Waals surface area (Å²) in [5.41, 5.74) is 5.07. The summed E-state index contributed by atoms with van der Waals surface area (Å²) in [6.07, 6.45) is 4.48. The number of carbonyl (C=O) groups is 1. The second kappa shape index (κ2) is 8.65. The number of hydrogen-bond donors (Lipinski definition) is 1. The van der Waals surface area contributed by atoms with Crippen LogP contribution in [0.5, 0.6) is 0 Å². The van der Waals surface area contributed by atoms with Crippen molar-refractivity contribution in [2.75, 3.05) is 6.54 Å². The van der Waals surface area contributed by atoms with E-state index in [1.165, 1.54) is 11.3 Å². The molecule has 0 bridgehead atoms. The molecule has 0 aliphatic heterocycles. The van der Waals surface area contributed by atoms with E-state index in [0.29, 0.717) is 32.3 Å². The SMILES string of the molecule is CCCNC(=O)c1ccc(-c2cn3c(=O)c(=Cc4cc(C)c(C)c(Cl)c4)sc3n2)cc1. The fraction of sp³-hybridized carbons (Fsp3) is 0.208. The Labute approximate surface area is 189 Å². The number of carbonyl (C=O) groups excluding carboxylic acids is 1. The molecule has 0 saturated heterocycles. The van der Waals surface area contributed by atoms with Crippen LogP contribution in [-0.4, -0.2) is 21.8 Å². The Hall–Kier alpha value is -2.96. The lowest BCUT2D eigenvalue weighted by molar-refractivity contribution is 0.0953. The molecule has 2 heterocycles. The number of nitrogens with one attached hydrogen (secondary N) is 1. The van der Waals surface area contributed by atoms with Gasteiger partial charge in [-0.1, -0.05) is 48.1 Å². The first-order chi connectivity index (χ1) is 14.9. The van der Waals surface area contributed by atoms with E-state index in [-0.39, 0.29) is 11.5 Å².